The van der Waals surface area contributed by atoms with Gasteiger partial charge < -0.3 is 5.32 Å². The van der Waals surface area contributed by atoms with E-state index in [-0.39, 0.29) is 5.56 Å². The summed E-state index contributed by atoms with van der Waals surface area (Å²) < 4.78 is 14.0. The van der Waals surface area contributed by atoms with Crippen molar-refractivity contribution >= 4 is 27.3 Å². The Balaban J connectivity index is 2.41. The van der Waals surface area contributed by atoms with Crippen molar-refractivity contribution in [3.63, 3.8) is 0 Å². The Morgan fingerprint density at radius 1 is 1.22 bits per heavy atom. The smallest absolute Gasteiger partial charge is 0.124 e. The molecule has 0 radical (unpaired) electrons. The molecule has 0 amide bonds. The van der Waals surface area contributed by atoms with Crippen molar-refractivity contribution in [2.45, 2.75) is 6.92 Å². The van der Waals surface area contributed by atoms with Crippen LogP contribution in [0.15, 0.2) is 40.9 Å². The lowest BCUT2D eigenvalue weighted by Crippen LogP contribution is -1.96. The first-order valence-electron chi connectivity index (χ1n) is 5.33. The predicted molar refractivity (Wildman–Crippen MR) is 73.3 cm³/mol. The van der Waals surface area contributed by atoms with Crippen molar-refractivity contribution in [3.05, 3.63) is 57.8 Å². The van der Waals surface area contributed by atoms with E-state index >= 15 is 0 Å². The number of nitriles is 1. The number of rotatable bonds is 2. The van der Waals surface area contributed by atoms with Crippen molar-refractivity contribution in [2.75, 3.05) is 5.32 Å². The monoisotopic (exact) mass is 304 g/mol. The van der Waals surface area contributed by atoms with Crippen LogP contribution in [0.4, 0.5) is 15.8 Å². The standard InChI is InChI=1S/C14H10BrFN2/c1-9-12(15)3-2-4-13(9)18-14-6-5-11(16)7-10(14)8-17/h2-7,18H,1H3. The van der Waals surface area contributed by atoms with Crippen LogP contribution in [0.2, 0.25) is 0 Å². The molecular weight excluding hydrogens is 295 g/mol. The molecule has 0 aliphatic rings. The third-order valence-electron chi connectivity index (χ3n) is 2.64. The van der Waals surface area contributed by atoms with Crippen LogP contribution >= 0.6 is 15.9 Å². The Morgan fingerprint density at radius 3 is 2.72 bits per heavy atom. The predicted octanol–water partition coefficient (Wildman–Crippen LogP) is 4.51. The average molecular weight is 305 g/mol. The van der Waals surface area contributed by atoms with Crippen LogP contribution in [-0.4, -0.2) is 0 Å². The van der Waals surface area contributed by atoms with Gasteiger partial charge in [0.1, 0.15) is 11.9 Å². The number of hydrogen-bond acceptors (Lipinski definition) is 2. The van der Waals surface area contributed by atoms with E-state index in [1.807, 2.05) is 31.2 Å². The van der Waals surface area contributed by atoms with Crippen molar-refractivity contribution in [2.24, 2.45) is 0 Å². The van der Waals surface area contributed by atoms with Crippen LogP contribution in [0.5, 0.6) is 0 Å². The molecule has 2 aromatic rings. The zero-order chi connectivity index (χ0) is 13.1. The maximum absolute atomic E-state index is 13.0. The van der Waals surface area contributed by atoms with Gasteiger partial charge in [-0.1, -0.05) is 22.0 Å². The van der Waals surface area contributed by atoms with Gasteiger partial charge in [-0.05, 0) is 42.8 Å². The van der Waals surface area contributed by atoms with Gasteiger partial charge in [-0.3, -0.25) is 0 Å². The topological polar surface area (TPSA) is 35.8 Å². The molecule has 0 aliphatic carbocycles. The van der Waals surface area contributed by atoms with Crippen LogP contribution in [0.1, 0.15) is 11.1 Å². The summed E-state index contributed by atoms with van der Waals surface area (Å²) in [5, 5.41) is 12.1. The maximum atomic E-state index is 13.0. The molecule has 2 aromatic carbocycles. The lowest BCUT2D eigenvalue weighted by atomic mass is 10.1. The van der Waals surface area contributed by atoms with E-state index in [0.29, 0.717) is 5.69 Å². The fraction of sp³-hybridized carbons (Fsp3) is 0.0714. The summed E-state index contributed by atoms with van der Waals surface area (Å²) in [6.07, 6.45) is 0. The molecule has 0 fully saturated rings. The highest BCUT2D eigenvalue weighted by molar-refractivity contribution is 9.10. The second kappa shape index (κ2) is 5.19. The number of nitrogens with zero attached hydrogens (tertiary/aromatic N) is 1. The van der Waals surface area contributed by atoms with Crippen LogP contribution < -0.4 is 5.32 Å². The molecule has 2 nitrogen and oxygen atoms in total. The summed E-state index contributed by atoms with van der Waals surface area (Å²) >= 11 is 3.44. The first-order chi connectivity index (χ1) is 8.61. The van der Waals surface area contributed by atoms with Gasteiger partial charge >= 0.3 is 0 Å². The molecule has 0 saturated heterocycles. The molecule has 0 atom stereocenters. The molecule has 0 bridgehead atoms. The van der Waals surface area contributed by atoms with E-state index in [1.165, 1.54) is 12.1 Å². The van der Waals surface area contributed by atoms with Crippen molar-refractivity contribution in [1.29, 1.82) is 5.26 Å². The molecule has 0 heterocycles. The van der Waals surface area contributed by atoms with Crippen LogP contribution in [-0.2, 0) is 0 Å². The summed E-state index contributed by atoms with van der Waals surface area (Å²) in [5.74, 6) is -0.414. The van der Waals surface area contributed by atoms with Gasteiger partial charge in [0.05, 0.1) is 11.3 Å². The summed E-state index contributed by atoms with van der Waals surface area (Å²) in [6.45, 7) is 1.96. The van der Waals surface area contributed by atoms with E-state index in [4.69, 9.17) is 5.26 Å². The van der Waals surface area contributed by atoms with Crippen LogP contribution in [0.25, 0.3) is 0 Å². The zero-order valence-electron chi connectivity index (χ0n) is 9.67. The molecule has 0 aliphatic heterocycles. The molecule has 2 rings (SSSR count). The molecule has 90 valence electrons. The average Bonchev–Trinajstić information content (AvgIpc) is 2.37. The van der Waals surface area contributed by atoms with Gasteiger partial charge in [0.15, 0.2) is 0 Å². The lowest BCUT2D eigenvalue weighted by molar-refractivity contribution is 0.627. The third kappa shape index (κ3) is 2.52. The number of nitrogens with one attached hydrogen (secondary N) is 1. The normalized spacial score (nSPS) is 9.89. The molecule has 4 heteroatoms. The summed E-state index contributed by atoms with van der Waals surface area (Å²) in [7, 11) is 0. The van der Waals surface area contributed by atoms with Gasteiger partial charge in [0.25, 0.3) is 0 Å². The lowest BCUT2D eigenvalue weighted by Gasteiger charge is -2.11. The van der Waals surface area contributed by atoms with Gasteiger partial charge in [-0.15, -0.1) is 0 Å². The fourth-order valence-corrected chi connectivity index (χ4v) is 1.97. The quantitative estimate of drug-likeness (QED) is 0.886. The number of anilines is 2. The van der Waals surface area contributed by atoms with Crippen LogP contribution in [0, 0.1) is 24.1 Å². The van der Waals surface area contributed by atoms with E-state index in [2.05, 4.69) is 21.2 Å². The first kappa shape index (κ1) is 12.6. The first-order valence-corrected chi connectivity index (χ1v) is 6.13. The summed E-state index contributed by atoms with van der Waals surface area (Å²) in [5.41, 5.74) is 2.80. The summed E-state index contributed by atoms with van der Waals surface area (Å²) in [6, 6.07) is 11.8. The maximum Gasteiger partial charge on any atom is 0.124 e. The van der Waals surface area contributed by atoms with Gasteiger partial charge in [0, 0.05) is 10.2 Å². The highest BCUT2D eigenvalue weighted by atomic mass is 79.9. The second-order valence-electron chi connectivity index (χ2n) is 3.84. The third-order valence-corrected chi connectivity index (χ3v) is 3.50. The zero-order valence-corrected chi connectivity index (χ0v) is 11.3. The minimum atomic E-state index is -0.414. The van der Waals surface area contributed by atoms with E-state index in [0.717, 1.165) is 15.7 Å². The Kier molecular flexibility index (Phi) is 3.63. The number of halogens is 2. The minimum Gasteiger partial charge on any atom is -0.354 e. The largest absolute Gasteiger partial charge is 0.354 e. The number of hydrogen-bond donors (Lipinski definition) is 1. The molecule has 0 aromatic heterocycles. The Bertz CT molecular complexity index is 632. The Morgan fingerprint density at radius 2 is 2.00 bits per heavy atom. The van der Waals surface area contributed by atoms with Crippen LogP contribution in [0.3, 0.4) is 0 Å². The second-order valence-corrected chi connectivity index (χ2v) is 4.69. The van der Waals surface area contributed by atoms with E-state index in [1.54, 1.807) is 6.07 Å². The molecule has 0 saturated carbocycles. The molecule has 0 spiro atoms. The van der Waals surface area contributed by atoms with Gasteiger partial charge in [-0.2, -0.15) is 5.26 Å². The highest BCUT2D eigenvalue weighted by Gasteiger charge is 2.06. The fourth-order valence-electron chi connectivity index (χ4n) is 1.61. The van der Waals surface area contributed by atoms with Gasteiger partial charge in [-0.25, -0.2) is 4.39 Å². The summed E-state index contributed by atoms with van der Waals surface area (Å²) in [4.78, 5) is 0. The highest BCUT2D eigenvalue weighted by Crippen LogP contribution is 2.28. The molecule has 0 unspecified atom stereocenters. The van der Waals surface area contributed by atoms with E-state index in [9.17, 15) is 4.39 Å². The van der Waals surface area contributed by atoms with E-state index < -0.39 is 5.82 Å². The van der Waals surface area contributed by atoms with Gasteiger partial charge in [0.2, 0.25) is 0 Å². The minimum absolute atomic E-state index is 0.286. The number of benzene rings is 2. The van der Waals surface area contributed by atoms with Crippen molar-refractivity contribution in [3.8, 4) is 6.07 Å². The molecule has 1 N–H and O–H groups in total. The SMILES string of the molecule is Cc1c(Br)cccc1Nc1ccc(F)cc1C#N. The Labute approximate surface area is 113 Å². The Hall–Kier alpha value is -1.86. The van der Waals surface area contributed by atoms with Crippen molar-refractivity contribution < 1.29 is 4.39 Å². The molecular formula is C14H10BrFN2. The molecule has 18 heavy (non-hydrogen) atoms. The van der Waals surface area contributed by atoms with Crippen molar-refractivity contribution in [1.82, 2.24) is 0 Å².